The van der Waals surface area contributed by atoms with Gasteiger partial charge in [-0.05, 0) is 60.4 Å². The van der Waals surface area contributed by atoms with Crippen LogP contribution in [0.15, 0.2) is 83.0 Å². The summed E-state index contributed by atoms with van der Waals surface area (Å²) in [5.74, 6) is -0.887. The van der Waals surface area contributed by atoms with Gasteiger partial charge in [0.25, 0.3) is 0 Å². The average molecular weight is 646 g/mol. The van der Waals surface area contributed by atoms with Gasteiger partial charge in [-0.25, -0.2) is 19.5 Å². The van der Waals surface area contributed by atoms with Gasteiger partial charge in [0.1, 0.15) is 18.0 Å². The fraction of sp³-hybridized carbons (Fsp3) is 0.219. The minimum atomic E-state index is -4.78. The maximum absolute atomic E-state index is 12.8. The third-order valence-corrected chi connectivity index (χ3v) is 7.71. The molecule has 1 atom stereocenters. The van der Waals surface area contributed by atoms with Crippen molar-refractivity contribution in [2.24, 2.45) is 9.98 Å². The Morgan fingerprint density at radius 1 is 1.15 bits per heavy atom. The third-order valence-electron chi connectivity index (χ3n) is 6.79. The van der Waals surface area contributed by atoms with Crippen LogP contribution in [0.3, 0.4) is 0 Å². The number of nitriles is 1. The molecule has 3 aromatic carbocycles. The molecule has 1 aliphatic heterocycles. The Balaban J connectivity index is 1.27. The zero-order chi connectivity index (χ0) is 32.8. The molecule has 46 heavy (non-hydrogen) atoms. The van der Waals surface area contributed by atoms with Gasteiger partial charge in [-0.2, -0.15) is 10.3 Å². The molecule has 0 radical (unpaired) electrons. The predicted molar refractivity (Wildman–Crippen MR) is 168 cm³/mol. The number of hydrogen-bond acceptors (Lipinski definition) is 7. The summed E-state index contributed by atoms with van der Waals surface area (Å²) < 4.78 is 42.6. The molecule has 3 amide bonds. The largest absolute Gasteiger partial charge is 0.573 e. The topological polar surface area (TPSA) is 126 Å². The van der Waals surface area contributed by atoms with E-state index in [1.165, 1.54) is 46.4 Å². The summed E-state index contributed by atoms with van der Waals surface area (Å²) >= 11 is 1.16. The molecule has 4 aromatic rings. The molecule has 14 heteroatoms. The van der Waals surface area contributed by atoms with Gasteiger partial charge in [0.15, 0.2) is 11.0 Å². The highest BCUT2D eigenvalue weighted by Crippen LogP contribution is 2.32. The highest BCUT2D eigenvalue weighted by molar-refractivity contribution is 8.15. The van der Waals surface area contributed by atoms with Crippen LogP contribution in [-0.2, 0) is 11.2 Å². The number of benzene rings is 3. The monoisotopic (exact) mass is 645 g/mol. The van der Waals surface area contributed by atoms with Gasteiger partial charge in [-0.1, -0.05) is 61.5 Å². The molecule has 2 heterocycles. The van der Waals surface area contributed by atoms with E-state index in [0.29, 0.717) is 28.3 Å². The van der Waals surface area contributed by atoms with E-state index < -0.39 is 18.3 Å². The molecule has 5 rings (SSSR count). The molecule has 0 N–H and O–H groups in total. The number of nitrogens with zero attached hydrogens (tertiary/aromatic N) is 7. The Morgan fingerprint density at radius 3 is 2.57 bits per heavy atom. The molecule has 0 aliphatic carbocycles. The minimum Gasteiger partial charge on any atom is -0.406 e. The number of amides is 3. The SMILES string of the molecule is CCCc1ccc(C)cc1N1C(=O)CSC1=NC(=O)N=CC(C#N)c1ccc(-c2ncn(-c3ccc(OC(F)(F)F)cc3)n2)cc1. The second kappa shape index (κ2) is 13.8. The molecule has 234 valence electrons. The number of anilines is 1. The standard InChI is InChI=1S/C32H26F3N7O3S/c1-3-4-22-6-5-20(2)15-27(22)42-28(43)18-46-31(42)39-30(44)37-17-24(16-36)21-7-9-23(10-8-21)29-38-19-41(40-29)25-11-13-26(14-12-25)45-32(33,34)35/h5-15,17,19,24H,3-4,18H2,1-2H3. The van der Waals surface area contributed by atoms with E-state index in [1.54, 1.807) is 24.3 Å². The van der Waals surface area contributed by atoms with E-state index in [4.69, 9.17) is 0 Å². The Hall–Kier alpha value is -5.29. The number of carbonyl (C=O) groups is 2. The van der Waals surface area contributed by atoms with Crippen LogP contribution in [0.2, 0.25) is 0 Å². The Kier molecular flexibility index (Phi) is 9.62. The zero-order valence-corrected chi connectivity index (χ0v) is 25.4. The fourth-order valence-corrected chi connectivity index (χ4v) is 5.50. The Bertz CT molecular complexity index is 1850. The molecule has 1 fully saturated rings. The number of ether oxygens (including phenoxy) is 1. The van der Waals surface area contributed by atoms with E-state index in [9.17, 15) is 28.0 Å². The molecular weight excluding hydrogens is 619 g/mol. The van der Waals surface area contributed by atoms with Gasteiger partial charge in [-0.3, -0.25) is 9.69 Å². The lowest BCUT2D eigenvalue weighted by atomic mass is 10.0. The number of aliphatic imine (C=N–C) groups is 2. The van der Waals surface area contributed by atoms with Crippen LogP contribution in [0.25, 0.3) is 17.1 Å². The molecule has 0 spiro atoms. The number of alkyl halides is 3. The first-order valence-electron chi connectivity index (χ1n) is 14.0. The van der Waals surface area contributed by atoms with Gasteiger partial charge in [-0.15, -0.1) is 18.3 Å². The highest BCUT2D eigenvalue weighted by atomic mass is 32.2. The number of thioether (sulfide) groups is 1. The maximum atomic E-state index is 12.8. The van der Waals surface area contributed by atoms with Crippen LogP contribution in [0.1, 0.15) is 36.0 Å². The normalized spacial score (nSPS) is 15.0. The van der Waals surface area contributed by atoms with E-state index in [1.807, 2.05) is 32.0 Å². The van der Waals surface area contributed by atoms with Crippen molar-refractivity contribution in [2.75, 3.05) is 10.7 Å². The number of aryl methyl sites for hydroxylation is 2. The Labute approximate surface area is 266 Å². The lowest BCUT2D eigenvalue weighted by Gasteiger charge is -2.20. The van der Waals surface area contributed by atoms with Crippen LogP contribution in [0.5, 0.6) is 5.75 Å². The molecule has 1 aromatic heterocycles. The lowest BCUT2D eigenvalue weighted by Crippen LogP contribution is -2.30. The highest BCUT2D eigenvalue weighted by Gasteiger charge is 2.32. The summed E-state index contributed by atoms with van der Waals surface area (Å²) in [6.07, 6.45) is -0.503. The summed E-state index contributed by atoms with van der Waals surface area (Å²) in [6.45, 7) is 3.98. The number of halogens is 3. The van der Waals surface area contributed by atoms with Crippen LogP contribution in [0.4, 0.5) is 23.7 Å². The number of urea groups is 1. The smallest absolute Gasteiger partial charge is 0.406 e. The predicted octanol–water partition coefficient (Wildman–Crippen LogP) is 7.03. The van der Waals surface area contributed by atoms with E-state index >= 15 is 0 Å². The summed E-state index contributed by atoms with van der Waals surface area (Å²) in [7, 11) is 0. The van der Waals surface area contributed by atoms with Gasteiger partial charge in [0.05, 0.1) is 23.2 Å². The van der Waals surface area contributed by atoms with Gasteiger partial charge < -0.3 is 4.74 Å². The van der Waals surface area contributed by atoms with E-state index in [-0.39, 0.29) is 22.6 Å². The first-order chi connectivity index (χ1) is 22.0. The molecular formula is C32H26F3N7O3S. The lowest BCUT2D eigenvalue weighted by molar-refractivity contribution is -0.274. The fourth-order valence-electron chi connectivity index (χ4n) is 4.65. The van der Waals surface area contributed by atoms with Crippen molar-refractivity contribution in [3.8, 4) is 28.9 Å². The second-order valence-electron chi connectivity index (χ2n) is 10.1. The molecule has 10 nitrogen and oxygen atoms in total. The quantitative estimate of drug-likeness (QED) is 0.188. The number of carbonyl (C=O) groups excluding carboxylic acids is 2. The van der Waals surface area contributed by atoms with Crippen LogP contribution in [0, 0.1) is 18.3 Å². The van der Waals surface area contributed by atoms with Crippen molar-refractivity contribution < 1.29 is 27.5 Å². The van der Waals surface area contributed by atoms with Crippen molar-refractivity contribution in [3.63, 3.8) is 0 Å². The van der Waals surface area contributed by atoms with E-state index in [2.05, 4.69) is 30.9 Å². The number of aromatic nitrogens is 3. The number of rotatable bonds is 8. The zero-order valence-electron chi connectivity index (χ0n) is 24.6. The van der Waals surface area contributed by atoms with Crippen LogP contribution < -0.4 is 9.64 Å². The van der Waals surface area contributed by atoms with Gasteiger partial charge in [0.2, 0.25) is 5.91 Å². The number of amidine groups is 1. The van der Waals surface area contributed by atoms with Crippen molar-refractivity contribution >= 4 is 40.8 Å². The second-order valence-corrected chi connectivity index (χ2v) is 11.1. The van der Waals surface area contributed by atoms with Crippen molar-refractivity contribution in [1.29, 1.82) is 5.26 Å². The van der Waals surface area contributed by atoms with Crippen molar-refractivity contribution in [1.82, 2.24) is 14.8 Å². The first-order valence-corrected chi connectivity index (χ1v) is 15.0. The molecule has 1 aliphatic rings. The summed E-state index contributed by atoms with van der Waals surface area (Å²) in [6, 6.07) is 19.1. The van der Waals surface area contributed by atoms with E-state index in [0.717, 1.165) is 35.7 Å². The molecule has 0 bridgehead atoms. The average Bonchev–Trinajstić information content (AvgIpc) is 3.65. The molecule has 0 saturated carbocycles. The van der Waals surface area contributed by atoms with Crippen LogP contribution in [-0.4, -0.2) is 50.2 Å². The van der Waals surface area contributed by atoms with Gasteiger partial charge in [0, 0.05) is 11.8 Å². The van der Waals surface area contributed by atoms with Crippen LogP contribution >= 0.6 is 11.8 Å². The third kappa shape index (κ3) is 7.67. The number of hydrogen-bond donors (Lipinski definition) is 0. The summed E-state index contributed by atoms with van der Waals surface area (Å²) in [5, 5.41) is 14.4. The summed E-state index contributed by atoms with van der Waals surface area (Å²) in [4.78, 5) is 39.2. The molecule has 1 unspecified atom stereocenters. The first kappa shape index (κ1) is 32.1. The maximum Gasteiger partial charge on any atom is 0.573 e. The van der Waals surface area contributed by atoms with Crippen molar-refractivity contribution in [2.45, 2.75) is 39.0 Å². The van der Waals surface area contributed by atoms with Gasteiger partial charge >= 0.3 is 12.4 Å². The minimum absolute atomic E-state index is 0.152. The van der Waals surface area contributed by atoms with Crippen molar-refractivity contribution in [3.05, 3.63) is 89.7 Å². The summed E-state index contributed by atoms with van der Waals surface area (Å²) in [5.41, 5.74) is 4.32. The Morgan fingerprint density at radius 2 is 1.89 bits per heavy atom. The molecule has 1 saturated heterocycles.